The van der Waals surface area contributed by atoms with E-state index in [0.29, 0.717) is 12.4 Å². The van der Waals surface area contributed by atoms with E-state index in [1.807, 2.05) is 18.2 Å². The molecule has 0 bridgehead atoms. The normalized spacial score (nSPS) is 11.4. The zero-order chi connectivity index (χ0) is 23.7. The maximum absolute atomic E-state index is 8.78. The molecule has 6 N–H and O–H groups in total. The molecule has 1 aromatic carbocycles. The van der Waals surface area contributed by atoms with Gasteiger partial charge in [-0.1, -0.05) is 57.2 Å². The van der Waals surface area contributed by atoms with Gasteiger partial charge in [0.2, 0.25) is 0 Å². The number of unbranched alkanes of at least 4 members (excludes halogenated alkanes) is 5. The van der Waals surface area contributed by atoms with Gasteiger partial charge >= 0.3 is 0 Å². The maximum Gasteiger partial charge on any atom is 0.194 e. The standard InChI is InChI=1S/C11H24O4.C8H10O2.C3H8O3/c1-2-3-4-5-6-7-8-14-15-11(9-12)10-13;1-7(9)10-8-5-3-2-4-6-8;4-1-3(6)2-5/h11-13H,2-10H2,1H3;2-7,9H,1H3;3-6H,1-2H2. The Bertz CT molecular complexity index is 438. The molecular weight excluding hydrogens is 408 g/mol. The zero-order valence-electron chi connectivity index (χ0n) is 18.8. The third-order valence-electron chi connectivity index (χ3n) is 3.66. The molecule has 0 aliphatic rings. The van der Waals surface area contributed by atoms with Crippen LogP contribution in [0.5, 0.6) is 5.75 Å². The average molecular weight is 451 g/mol. The molecule has 0 saturated carbocycles. The van der Waals surface area contributed by atoms with Crippen LogP contribution in [0.2, 0.25) is 0 Å². The molecule has 1 aromatic rings. The lowest BCUT2D eigenvalue weighted by molar-refractivity contribution is -0.333. The van der Waals surface area contributed by atoms with Crippen molar-refractivity contribution in [1.29, 1.82) is 0 Å². The van der Waals surface area contributed by atoms with Gasteiger partial charge in [-0.05, 0) is 25.5 Å². The van der Waals surface area contributed by atoms with Crippen LogP contribution in [0.4, 0.5) is 0 Å². The Balaban J connectivity index is 0. The highest BCUT2D eigenvalue weighted by molar-refractivity contribution is 5.20. The highest BCUT2D eigenvalue weighted by Gasteiger charge is 2.05. The minimum absolute atomic E-state index is 0.215. The molecule has 184 valence electrons. The van der Waals surface area contributed by atoms with Crippen molar-refractivity contribution in [3.63, 3.8) is 0 Å². The van der Waals surface area contributed by atoms with Crippen molar-refractivity contribution in [2.24, 2.45) is 0 Å². The summed E-state index contributed by atoms with van der Waals surface area (Å²) in [7, 11) is 0. The Hall–Kier alpha value is -1.30. The summed E-state index contributed by atoms with van der Waals surface area (Å²) in [6.45, 7) is 3.14. The van der Waals surface area contributed by atoms with Crippen LogP contribution in [-0.2, 0) is 9.78 Å². The summed E-state index contributed by atoms with van der Waals surface area (Å²) in [6.07, 6.45) is 4.90. The Morgan fingerprint density at radius 1 is 0.774 bits per heavy atom. The second kappa shape index (κ2) is 25.0. The van der Waals surface area contributed by atoms with E-state index < -0.39 is 18.5 Å². The minimum Gasteiger partial charge on any atom is -0.465 e. The molecule has 0 fully saturated rings. The van der Waals surface area contributed by atoms with E-state index in [1.165, 1.54) is 25.7 Å². The lowest BCUT2D eigenvalue weighted by Gasteiger charge is -2.10. The number of hydrogen-bond acceptors (Lipinski definition) is 9. The number of hydrogen-bond donors (Lipinski definition) is 6. The summed E-state index contributed by atoms with van der Waals surface area (Å²) in [5.41, 5.74) is 0. The van der Waals surface area contributed by atoms with E-state index in [9.17, 15) is 0 Å². The van der Waals surface area contributed by atoms with Crippen LogP contribution in [0.1, 0.15) is 52.4 Å². The van der Waals surface area contributed by atoms with Gasteiger partial charge in [-0.3, -0.25) is 0 Å². The van der Waals surface area contributed by atoms with Gasteiger partial charge < -0.3 is 35.4 Å². The van der Waals surface area contributed by atoms with Gasteiger partial charge in [-0.2, -0.15) is 0 Å². The number of aliphatic hydroxyl groups excluding tert-OH is 6. The summed E-state index contributed by atoms with van der Waals surface area (Å²) in [5, 5.41) is 50.1. The number of ether oxygens (including phenoxy) is 1. The SMILES string of the molecule is CC(O)Oc1ccccc1.CCCCCCCCOOC(CO)CO.OCC(O)CO. The van der Waals surface area contributed by atoms with E-state index >= 15 is 0 Å². The maximum atomic E-state index is 8.78. The summed E-state index contributed by atoms with van der Waals surface area (Å²) in [5.74, 6) is 0.692. The van der Waals surface area contributed by atoms with Crippen LogP contribution in [0.25, 0.3) is 0 Å². The first-order valence-electron chi connectivity index (χ1n) is 10.7. The number of aliphatic hydroxyl groups is 6. The van der Waals surface area contributed by atoms with Crippen molar-refractivity contribution in [2.75, 3.05) is 33.0 Å². The van der Waals surface area contributed by atoms with Crippen molar-refractivity contribution in [3.8, 4) is 5.75 Å². The van der Waals surface area contributed by atoms with Gasteiger partial charge in [0, 0.05) is 0 Å². The van der Waals surface area contributed by atoms with Crippen LogP contribution in [-0.4, -0.2) is 82.2 Å². The second-order valence-electron chi connectivity index (χ2n) is 6.72. The fraction of sp³-hybridized carbons (Fsp3) is 0.727. The topological polar surface area (TPSA) is 149 Å². The van der Waals surface area contributed by atoms with E-state index in [0.717, 1.165) is 12.8 Å². The molecule has 1 atom stereocenters. The zero-order valence-corrected chi connectivity index (χ0v) is 18.8. The molecule has 0 radical (unpaired) electrons. The van der Waals surface area contributed by atoms with E-state index in [4.69, 9.17) is 45.2 Å². The summed E-state index contributed by atoms with van der Waals surface area (Å²) < 4.78 is 4.97. The molecule has 0 amide bonds. The third kappa shape index (κ3) is 24.8. The lowest BCUT2D eigenvalue weighted by atomic mass is 10.1. The van der Waals surface area contributed by atoms with Gasteiger partial charge in [-0.15, -0.1) is 0 Å². The van der Waals surface area contributed by atoms with E-state index in [1.54, 1.807) is 19.1 Å². The summed E-state index contributed by atoms with van der Waals surface area (Å²) in [4.78, 5) is 9.63. The summed E-state index contributed by atoms with van der Waals surface area (Å²) in [6, 6.07) is 9.21. The van der Waals surface area contributed by atoms with Crippen molar-refractivity contribution >= 4 is 0 Å². The molecule has 0 heterocycles. The Morgan fingerprint density at radius 2 is 1.32 bits per heavy atom. The van der Waals surface area contributed by atoms with Crippen LogP contribution >= 0.6 is 0 Å². The molecule has 0 aliphatic carbocycles. The first kappa shape index (κ1) is 31.9. The number of rotatable bonds is 15. The highest BCUT2D eigenvalue weighted by atomic mass is 17.2. The fourth-order valence-corrected chi connectivity index (χ4v) is 1.96. The molecule has 1 unspecified atom stereocenters. The van der Waals surface area contributed by atoms with E-state index in [2.05, 4.69) is 6.92 Å². The van der Waals surface area contributed by atoms with Crippen LogP contribution in [0.15, 0.2) is 30.3 Å². The minimum atomic E-state index is -0.954. The quantitative estimate of drug-likeness (QED) is 0.101. The Labute approximate surface area is 185 Å². The lowest BCUT2D eigenvalue weighted by Crippen LogP contribution is -2.22. The third-order valence-corrected chi connectivity index (χ3v) is 3.66. The number of para-hydroxylation sites is 1. The van der Waals surface area contributed by atoms with Crippen molar-refractivity contribution in [1.82, 2.24) is 0 Å². The van der Waals surface area contributed by atoms with Crippen molar-refractivity contribution in [2.45, 2.75) is 70.9 Å². The monoisotopic (exact) mass is 450 g/mol. The predicted octanol–water partition coefficient (Wildman–Crippen LogP) is 1.38. The smallest absolute Gasteiger partial charge is 0.194 e. The molecule has 0 saturated heterocycles. The molecule has 0 aromatic heterocycles. The van der Waals surface area contributed by atoms with Gasteiger partial charge in [0.25, 0.3) is 0 Å². The van der Waals surface area contributed by atoms with Crippen molar-refractivity contribution in [3.05, 3.63) is 30.3 Å². The van der Waals surface area contributed by atoms with Gasteiger partial charge in [0.1, 0.15) is 18.0 Å². The molecule has 9 nitrogen and oxygen atoms in total. The molecule has 31 heavy (non-hydrogen) atoms. The first-order chi connectivity index (χ1) is 14.9. The van der Waals surface area contributed by atoms with Gasteiger partial charge in [0.05, 0.1) is 33.0 Å². The largest absolute Gasteiger partial charge is 0.465 e. The first-order valence-corrected chi connectivity index (χ1v) is 10.7. The van der Waals surface area contributed by atoms with Gasteiger partial charge in [-0.25, -0.2) is 9.78 Å². The molecule has 0 spiro atoms. The fourth-order valence-electron chi connectivity index (χ4n) is 1.96. The molecule has 0 aliphatic heterocycles. The van der Waals surface area contributed by atoms with Gasteiger partial charge in [0.15, 0.2) is 6.29 Å². The highest BCUT2D eigenvalue weighted by Crippen LogP contribution is 2.09. The molecule has 1 rings (SSSR count). The van der Waals surface area contributed by atoms with Crippen LogP contribution < -0.4 is 4.74 Å². The summed E-state index contributed by atoms with van der Waals surface area (Å²) >= 11 is 0. The molecule has 9 heteroatoms. The average Bonchev–Trinajstić information content (AvgIpc) is 2.78. The Morgan fingerprint density at radius 3 is 1.77 bits per heavy atom. The predicted molar refractivity (Wildman–Crippen MR) is 117 cm³/mol. The molecular formula is C22H42O9. The van der Waals surface area contributed by atoms with E-state index in [-0.39, 0.29) is 26.4 Å². The second-order valence-corrected chi connectivity index (χ2v) is 6.72. The Kier molecular flexibility index (Phi) is 25.7. The van der Waals surface area contributed by atoms with Crippen LogP contribution in [0.3, 0.4) is 0 Å². The van der Waals surface area contributed by atoms with Crippen LogP contribution in [0, 0.1) is 0 Å². The van der Waals surface area contributed by atoms with Crippen molar-refractivity contribution < 1.29 is 45.2 Å². The number of benzene rings is 1.